The molecule has 29 heavy (non-hydrogen) atoms. The maximum atomic E-state index is 13.6. The summed E-state index contributed by atoms with van der Waals surface area (Å²) < 4.78 is 6.58. The van der Waals surface area contributed by atoms with E-state index in [-0.39, 0.29) is 24.3 Å². The van der Waals surface area contributed by atoms with Crippen molar-refractivity contribution in [3.05, 3.63) is 0 Å². The average molecular weight is 410 g/mol. The fourth-order valence-corrected chi connectivity index (χ4v) is 5.64. The minimum Gasteiger partial charge on any atom is -0.396 e. The Balaban J connectivity index is 2.03. The van der Waals surface area contributed by atoms with Crippen molar-refractivity contribution in [2.75, 3.05) is 20.2 Å². The van der Waals surface area contributed by atoms with E-state index in [0.29, 0.717) is 38.6 Å². The predicted octanol–water partition coefficient (Wildman–Crippen LogP) is 0.574. The van der Waals surface area contributed by atoms with Gasteiger partial charge < -0.3 is 25.4 Å². The summed E-state index contributed by atoms with van der Waals surface area (Å²) >= 11 is 0. The van der Waals surface area contributed by atoms with Crippen molar-refractivity contribution in [2.45, 2.75) is 82.6 Å². The summed E-state index contributed by atoms with van der Waals surface area (Å²) in [4.78, 5) is 41.4. The molecule has 0 saturated carbocycles. The molecule has 0 radical (unpaired) electrons. The normalized spacial score (nSPS) is 35.7. The van der Waals surface area contributed by atoms with Gasteiger partial charge in [0.1, 0.15) is 11.6 Å². The van der Waals surface area contributed by atoms with E-state index in [4.69, 9.17) is 9.84 Å². The molecule has 3 heterocycles. The number of fused-ring (bicyclic) bond motifs is 1. The van der Waals surface area contributed by atoms with Crippen LogP contribution in [0.3, 0.4) is 0 Å². The minimum atomic E-state index is -0.973. The van der Waals surface area contributed by atoms with Crippen molar-refractivity contribution in [1.29, 1.82) is 0 Å². The lowest BCUT2D eigenvalue weighted by molar-refractivity contribution is -0.148. The third-order valence-corrected chi connectivity index (χ3v) is 6.76. The van der Waals surface area contributed by atoms with Gasteiger partial charge in [-0.2, -0.15) is 0 Å². The minimum absolute atomic E-state index is 0.0335. The number of ether oxygens (including phenoxy) is 1. The number of amides is 3. The molecule has 3 fully saturated rings. The third kappa shape index (κ3) is 3.34. The summed E-state index contributed by atoms with van der Waals surface area (Å²) in [5, 5.41) is 14.9. The van der Waals surface area contributed by atoms with Gasteiger partial charge in [0.05, 0.1) is 17.4 Å². The van der Waals surface area contributed by atoms with Crippen LogP contribution in [-0.4, -0.2) is 70.7 Å². The molecular weight excluding hydrogens is 374 g/mol. The van der Waals surface area contributed by atoms with Crippen LogP contribution >= 0.6 is 0 Å². The Labute approximate surface area is 172 Å². The fraction of sp³-hybridized carbons (Fsp3) is 0.857. The lowest BCUT2D eigenvalue weighted by Crippen LogP contribution is -2.58. The maximum Gasteiger partial charge on any atom is 0.246 e. The first-order valence-electron chi connectivity index (χ1n) is 10.7. The molecule has 1 spiro atoms. The van der Waals surface area contributed by atoms with Crippen LogP contribution in [0.4, 0.5) is 0 Å². The van der Waals surface area contributed by atoms with Gasteiger partial charge in [0.25, 0.3) is 0 Å². The summed E-state index contributed by atoms with van der Waals surface area (Å²) in [5.74, 6) is -1.85. The van der Waals surface area contributed by atoms with Gasteiger partial charge in [0.15, 0.2) is 0 Å². The van der Waals surface area contributed by atoms with Gasteiger partial charge in [-0.05, 0) is 52.9 Å². The number of likely N-dealkylation sites (tertiary alicyclic amines) is 1. The molecule has 8 heteroatoms. The lowest BCUT2D eigenvalue weighted by Gasteiger charge is -2.35. The monoisotopic (exact) mass is 409 g/mol. The van der Waals surface area contributed by atoms with Gasteiger partial charge >= 0.3 is 0 Å². The SMILES string of the molecule is CC[C@@]12CCC3(O1)C(C(=O)NC(C)(C)C)N(CCCCO)C(=O)[C@@H]3[C@@H]2C(=O)NC. The van der Waals surface area contributed by atoms with Gasteiger partial charge in [0, 0.05) is 25.7 Å². The number of nitrogens with one attached hydrogen (secondary N) is 2. The topological polar surface area (TPSA) is 108 Å². The fourth-order valence-electron chi connectivity index (χ4n) is 5.64. The molecule has 3 rings (SSSR count). The van der Waals surface area contributed by atoms with E-state index >= 15 is 0 Å². The number of aliphatic hydroxyl groups is 1. The van der Waals surface area contributed by atoms with E-state index in [9.17, 15) is 14.4 Å². The van der Waals surface area contributed by atoms with Crippen LogP contribution < -0.4 is 10.6 Å². The first-order chi connectivity index (χ1) is 13.6. The second-order valence-electron chi connectivity index (χ2n) is 9.65. The lowest BCUT2D eigenvalue weighted by atomic mass is 9.65. The molecule has 2 unspecified atom stereocenters. The number of unbranched alkanes of at least 4 members (excludes halogenated alkanes) is 1. The van der Waals surface area contributed by atoms with Crippen molar-refractivity contribution >= 4 is 17.7 Å². The Morgan fingerprint density at radius 3 is 2.48 bits per heavy atom. The molecule has 5 atom stereocenters. The van der Waals surface area contributed by atoms with Gasteiger partial charge in [-0.15, -0.1) is 0 Å². The quantitative estimate of drug-likeness (QED) is 0.533. The standard InChI is InChI=1S/C21H35N3O5/c1-6-20-9-10-21(29-20)14(13(20)16(26)22-5)18(28)24(11-7-8-12-25)15(21)17(27)23-19(2,3)4/h13-15,25H,6-12H2,1-5H3,(H,22,26)(H,23,27)/t13-,14+,15?,20+,21?/m1/s1. The Morgan fingerprint density at radius 1 is 1.24 bits per heavy atom. The molecule has 164 valence electrons. The van der Waals surface area contributed by atoms with Gasteiger partial charge in [-0.3, -0.25) is 14.4 Å². The summed E-state index contributed by atoms with van der Waals surface area (Å²) in [6, 6.07) is -0.763. The van der Waals surface area contributed by atoms with Crippen molar-refractivity contribution in [1.82, 2.24) is 15.5 Å². The van der Waals surface area contributed by atoms with Gasteiger partial charge in [0.2, 0.25) is 17.7 Å². The molecule has 3 aliphatic heterocycles. The smallest absolute Gasteiger partial charge is 0.246 e. The molecule has 3 saturated heterocycles. The summed E-state index contributed by atoms with van der Waals surface area (Å²) in [5.41, 5.74) is -2.12. The Morgan fingerprint density at radius 2 is 1.93 bits per heavy atom. The molecule has 0 aliphatic carbocycles. The molecular formula is C21H35N3O5. The molecule has 8 nitrogen and oxygen atoms in total. The van der Waals surface area contributed by atoms with E-state index in [2.05, 4.69) is 10.6 Å². The van der Waals surface area contributed by atoms with Crippen molar-refractivity contribution < 1.29 is 24.2 Å². The highest BCUT2D eigenvalue weighted by Crippen LogP contribution is 2.64. The van der Waals surface area contributed by atoms with Crippen LogP contribution in [0.5, 0.6) is 0 Å². The summed E-state index contributed by atoms with van der Waals surface area (Å²) in [6.45, 7) is 8.08. The number of nitrogens with zero attached hydrogens (tertiary/aromatic N) is 1. The van der Waals surface area contributed by atoms with Crippen molar-refractivity contribution in [2.24, 2.45) is 11.8 Å². The van der Waals surface area contributed by atoms with Crippen LogP contribution in [0, 0.1) is 11.8 Å². The molecule has 3 aliphatic rings. The number of hydrogen-bond acceptors (Lipinski definition) is 5. The Hall–Kier alpha value is -1.67. The van der Waals surface area contributed by atoms with Crippen LogP contribution in [0.2, 0.25) is 0 Å². The molecule has 0 aromatic carbocycles. The molecule has 3 N–H and O–H groups in total. The van der Waals surface area contributed by atoms with Gasteiger partial charge in [-0.25, -0.2) is 0 Å². The molecule has 2 bridgehead atoms. The van der Waals surface area contributed by atoms with Crippen LogP contribution in [0.15, 0.2) is 0 Å². The summed E-state index contributed by atoms with van der Waals surface area (Å²) in [7, 11) is 1.58. The van der Waals surface area contributed by atoms with E-state index in [1.807, 2.05) is 27.7 Å². The second-order valence-corrected chi connectivity index (χ2v) is 9.65. The highest BCUT2D eigenvalue weighted by molar-refractivity contribution is 5.99. The van der Waals surface area contributed by atoms with Crippen LogP contribution in [0.1, 0.15) is 59.8 Å². The number of carbonyl (C=O) groups is 3. The number of carbonyl (C=O) groups excluding carboxylic acids is 3. The van der Waals surface area contributed by atoms with E-state index in [1.165, 1.54) is 0 Å². The highest BCUT2D eigenvalue weighted by Gasteiger charge is 2.78. The van der Waals surface area contributed by atoms with E-state index in [0.717, 1.165) is 0 Å². The first kappa shape index (κ1) is 22.0. The molecule has 3 amide bonds. The number of rotatable bonds is 7. The van der Waals surface area contributed by atoms with Gasteiger partial charge in [-0.1, -0.05) is 6.92 Å². The number of aliphatic hydroxyl groups excluding tert-OH is 1. The highest BCUT2D eigenvalue weighted by atomic mass is 16.5. The summed E-state index contributed by atoms with van der Waals surface area (Å²) in [6.07, 6.45) is 3.01. The van der Waals surface area contributed by atoms with Crippen molar-refractivity contribution in [3.8, 4) is 0 Å². The largest absolute Gasteiger partial charge is 0.396 e. The molecule has 0 aromatic rings. The van der Waals surface area contributed by atoms with Crippen LogP contribution in [0.25, 0.3) is 0 Å². The van der Waals surface area contributed by atoms with E-state index in [1.54, 1.807) is 11.9 Å². The zero-order valence-corrected chi connectivity index (χ0v) is 18.2. The second kappa shape index (κ2) is 7.54. The molecule has 0 aromatic heterocycles. The maximum absolute atomic E-state index is 13.6. The zero-order valence-electron chi connectivity index (χ0n) is 18.2. The Kier molecular flexibility index (Phi) is 5.73. The predicted molar refractivity (Wildman–Crippen MR) is 107 cm³/mol. The first-order valence-corrected chi connectivity index (χ1v) is 10.7. The van der Waals surface area contributed by atoms with Crippen molar-refractivity contribution in [3.63, 3.8) is 0 Å². The number of hydrogen-bond donors (Lipinski definition) is 3. The zero-order chi connectivity index (χ0) is 21.6. The Bertz CT molecular complexity index is 690. The van der Waals surface area contributed by atoms with Crippen LogP contribution in [-0.2, 0) is 19.1 Å². The third-order valence-electron chi connectivity index (χ3n) is 6.76. The average Bonchev–Trinajstić information content (AvgIpc) is 3.24. The van der Waals surface area contributed by atoms with E-state index < -0.39 is 34.6 Å².